The normalized spacial score (nSPS) is 11.1. The highest BCUT2D eigenvalue weighted by Crippen LogP contribution is 2.37. The molecule has 0 aliphatic rings. The lowest BCUT2D eigenvalue weighted by Crippen LogP contribution is -2.13. The van der Waals surface area contributed by atoms with Crippen LogP contribution in [0, 0.1) is 6.92 Å². The van der Waals surface area contributed by atoms with Crippen LogP contribution in [0.2, 0.25) is 0 Å². The van der Waals surface area contributed by atoms with Crippen LogP contribution in [-0.2, 0) is 6.54 Å². The molecule has 0 aliphatic carbocycles. The summed E-state index contributed by atoms with van der Waals surface area (Å²) < 4.78 is 12.4. The van der Waals surface area contributed by atoms with Crippen LogP contribution in [0.3, 0.4) is 0 Å². The Kier molecular flexibility index (Phi) is 5.61. The van der Waals surface area contributed by atoms with Crippen molar-refractivity contribution in [1.29, 1.82) is 0 Å². The third-order valence-corrected chi connectivity index (χ3v) is 5.78. The minimum absolute atomic E-state index is 0.0664. The molecule has 2 aromatic carbocycles. The van der Waals surface area contributed by atoms with Crippen LogP contribution >= 0.6 is 0 Å². The minimum atomic E-state index is -0.276. The molecule has 0 radical (unpaired) electrons. The van der Waals surface area contributed by atoms with Gasteiger partial charge in [-0.15, -0.1) is 0 Å². The first-order chi connectivity index (χ1) is 17.0. The van der Waals surface area contributed by atoms with E-state index in [9.17, 15) is 9.90 Å². The smallest absolute Gasteiger partial charge is 0.261 e. The number of H-pyrrole nitrogens is 2. The van der Waals surface area contributed by atoms with Crippen molar-refractivity contribution in [2.45, 2.75) is 13.5 Å². The average Bonchev–Trinajstić information content (AvgIpc) is 3.54. The van der Waals surface area contributed by atoms with Gasteiger partial charge in [-0.2, -0.15) is 0 Å². The first kappa shape index (κ1) is 22.1. The predicted molar refractivity (Wildman–Crippen MR) is 133 cm³/mol. The van der Waals surface area contributed by atoms with Gasteiger partial charge in [0.15, 0.2) is 11.5 Å². The Balaban J connectivity index is 1.52. The maximum absolute atomic E-state index is 12.9. The Labute approximate surface area is 200 Å². The van der Waals surface area contributed by atoms with E-state index in [2.05, 4.69) is 20.3 Å². The number of rotatable bonds is 7. The molecule has 0 fully saturated rings. The highest BCUT2D eigenvalue weighted by Gasteiger charge is 2.17. The second-order valence-corrected chi connectivity index (χ2v) is 8.01. The van der Waals surface area contributed by atoms with Gasteiger partial charge in [-0.05, 0) is 48.4 Å². The molecule has 10 nitrogen and oxygen atoms in total. The number of anilines is 1. The van der Waals surface area contributed by atoms with Crippen LogP contribution in [-0.4, -0.2) is 43.8 Å². The van der Waals surface area contributed by atoms with E-state index in [4.69, 9.17) is 14.5 Å². The fourth-order valence-corrected chi connectivity index (χ4v) is 4.06. The molecule has 0 atom stereocenters. The number of phenolic OH excluding ortho intramolecular Hbond substituents is 1. The van der Waals surface area contributed by atoms with Crippen LogP contribution in [0.15, 0.2) is 60.0 Å². The monoisotopic (exact) mass is 472 g/mol. The van der Waals surface area contributed by atoms with Gasteiger partial charge in [0.25, 0.3) is 5.56 Å². The number of imidazole rings is 2. The van der Waals surface area contributed by atoms with Gasteiger partial charge in [0.1, 0.15) is 11.4 Å². The average molecular weight is 473 g/mol. The number of aromatic nitrogens is 5. The maximum atomic E-state index is 12.9. The summed E-state index contributed by atoms with van der Waals surface area (Å²) >= 11 is 0. The molecule has 0 aliphatic heterocycles. The first-order valence-electron chi connectivity index (χ1n) is 10.9. The summed E-state index contributed by atoms with van der Waals surface area (Å²) in [6, 6.07) is 9.19. The van der Waals surface area contributed by atoms with E-state index in [0.29, 0.717) is 35.1 Å². The predicted octanol–water partition coefficient (Wildman–Crippen LogP) is 3.75. The molecule has 3 heterocycles. The second-order valence-electron chi connectivity index (χ2n) is 8.01. The molecule has 0 saturated carbocycles. The molecule has 0 spiro atoms. The molecule has 5 aromatic rings. The Morgan fingerprint density at radius 3 is 2.60 bits per heavy atom. The molecule has 10 heteroatoms. The molecule has 0 amide bonds. The van der Waals surface area contributed by atoms with Gasteiger partial charge in [0, 0.05) is 30.8 Å². The Hall–Kier alpha value is -4.73. The van der Waals surface area contributed by atoms with Gasteiger partial charge >= 0.3 is 0 Å². The third kappa shape index (κ3) is 4.05. The summed E-state index contributed by atoms with van der Waals surface area (Å²) in [6.45, 7) is 2.33. The van der Waals surface area contributed by atoms with Crippen molar-refractivity contribution in [3.05, 3.63) is 76.7 Å². The number of pyridine rings is 1. The molecule has 3 aromatic heterocycles. The maximum Gasteiger partial charge on any atom is 0.261 e. The summed E-state index contributed by atoms with van der Waals surface area (Å²) in [7, 11) is 2.95. The summed E-state index contributed by atoms with van der Waals surface area (Å²) in [5.41, 5.74) is 5.03. The van der Waals surface area contributed by atoms with E-state index in [0.717, 1.165) is 27.8 Å². The zero-order valence-electron chi connectivity index (χ0n) is 19.4. The molecule has 0 saturated heterocycles. The van der Waals surface area contributed by atoms with Gasteiger partial charge in [-0.25, -0.2) is 9.97 Å². The van der Waals surface area contributed by atoms with Crippen LogP contribution in [0.4, 0.5) is 5.69 Å². The zero-order valence-corrected chi connectivity index (χ0v) is 19.4. The van der Waals surface area contributed by atoms with Gasteiger partial charge < -0.3 is 34.4 Å². The number of aromatic hydroxyl groups is 1. The molecule has 178 valence electrons. The van der Waals surface area contributed by atoms with Crippen molar-refractivity contribution in [2.24, 2.45) is 0 Å². The van der Waals surface area contributed by atoms with Crippen molar-refractivity contribution >= 4 is 16.7 Å². The third-order valence-electron chi connectivity index (χ3n) is 5.78. The van der Waals surface area contributed by atoms with E-state index in [1.807, 2.05) is 29.8 Å². The van der Waals surface area contributed by atoms with Crippen molar-refractivity contribution in [2.75, 3.05) is 19.5 Å². The number of nitrogens with zero attached hydrogens (tertiary/aromatic N) is 3. The van der Waals surface area contributed by atoms with Crippen LogP contribution in [0.25, 0.3) is 28.1 Å². The molecular formula is C25H24N6O4. The second kappa shape index (κ2) is 8.90. The number of methoxy groups -OCH3 is 2. The van der Waals surface area contributed by atoms with E-state index < -0.39 is 0 Å². The molecule has 5 rings (SSSR count). The lowest BCUT2D eigenvalue weighted by Gasteiger charge is -2.13. The summed E-state index contributed by atoms with van der Waals surface area (Å²) in [5, 5.41) is 13.5. The lowest BCUT2D eigenvalue weighted by molar-refractivity contribution is 0.339. The highest BCUT2D eigenvalue weighted by atomic mass is 16.5. The van der Waals surface area contributed by atoms with Gasteiger partial charge in [-0.3, -0.25) is 4.79 Å². The van der Waals surface area contributed by atoms with E-state index in [1.54, 1.807) is 36.9 Å². The van der Waals surface area contributed by atoms with E-state index in [1.165, 1.54) is 14.2 Å². The summed E-state index contributed by atoms with van der Waals surface area (Å²) in [4.78, 5) is 27.7. The molecule has 0 unspecified atom stereocenters. The fourth-order valence-electron chi connectivity index (χ4n) is 4.06. The van der Waals surface area contributed by atoms with E-state index >= 15 is 0 Å². The number of aromatic amines is 2. The lowest BCUT2D eigenvalue weighted by atomic mass is 10.1. The molecule has 35 heavy (non-hydrogen) atoms. The van der Waals surface area contributed by atoms with Crippen molar-refractivity contribution in [3.8, 4) is 34.3 Å². The standard InChI is InChI=1S/C25H24N6O4/c1-14-8-16(31-7-6-26-13-31)11-18-22(14)30-24(29-18)21-17(4-5-27-25(21)33)28-12-15-9-19(34-2)23(32)20(10-15)35-3/h4-11,13,32H,12H2,1-3H3,(H,29,30)(H2,27,28,33). The Bertz CT molecular complexity index is 1540. The minimum Gasteiger partial charge on any atom is -0.502 e. The number of hydrogen-bond acceptors (Lipinski definition) is 7. The Morgan fingerprint density at radius 1 is 1.14 bits per heavy atom. The fraction of sp³-hybridized carbons (Fsp3) is 0.160. The number of benzene rings is 2. The SMILES string of the molecule is COc1cc(CNc2cc[nH]c(=O)c2-c2nc3c(C)cc(-n4ccnc4)cc3[nH]2)cc(OC)c1O. The van der Waals surface area contributed by atoms with Gasteiger partial charge in [0.2, 0.25) is 5.75 Å². The number of aryl methyl sites for hydroxylation is 1. The first-order valence-corrected chi connectivity index (χ1v) is 10.9. The highest BCUT2D eigenvalue weighted by molar-refractivity contribution is 5.86. The van der Waals surface area contributed by atoms with Crippen LogP contribution in [0.5, 0.6) is 17.2 Å². The van der Waals surface area contributed by atoms with Crippen molar-refractivity contribution in [3.63, 3.8) is 0 Å². The molecule has 0 bridgehead atoms. The topological polar surface area (TPSA) is 130 Å². The largest absolute Gasteiger partial charge is 0.502 e. The quantitative estimate of drug-likeness (QED) is 0.284. The number of hydrogen-bond donors (Lipinski definition) is 4. The van der Waals surface area contributed by atoms with Crippen molar-refractivity contribution < 1.29 is 14.6 Å². The van der Waals surface area contributed by atoms with Crippen LogP contribution < -0.4 is 20.3 Å². The summed E-state index contributed by atoms with van der Waals surface area (Å²) in [5.74, 6) is 0.988. The van der Waals surface area contributed by atoms with E-state index in [-0.39, 0.29) is 11.3 Å². The van der Waals surface area contributed by atoms with Crippen molar-refractivity contribution in [1.82, 2.24) is 24.5 Å². The zero-order chi connectivity index (χ0) is 24.5. The number of nitrogens with one attached hydrogen (secondary N) is 3. The molecule has 4 N–H and O–H groups in total. The van der Waals surface area contributed by atoms with Crippen LogP contribution in [0.1, 0.15) is 11.1 Å². The number of fused-ring (bicyclic) bond motifs is 1. The van der Waals surface area contributed by atoms with Gasteiger partial charge in [0.05, 0.1) is 37.3 Å². The molecular weight excluding hydrogens is 448 g/mol. The number of ether oxygens (including phenoxy) is 2. The summed E-state index contributed by atoms with van der Waals surface area (Å²) in [6.07, 6.45) is 6.90. The Morgan fingerprint density at radius 2 is 1.91 bits per heavy atom. The van der Waals surface area contributed by atoms with Gasteiger partial charge in [-0.1, -0.05) is 0 Å². The number of phenols is 1.